The summed E-state index contributed by atoms with van der Waals surface area (Å²) in [5, 5.41) is 6.97. The van der Waals surface area contributed by atoms with Crippen LogP contribution >= 0.6 is 11.3 Å². The van der Waals surface area contributed by atoms with Crippen molar-refractivity contribution in [2.75, 3.05) is 11.9 Å². The Morgan fingerprint density at radius 1 is 1.11 bits per heavy atom. The third kappa shape index (κ3) is 3.75. The minimum Gasteiger partial charge on any atom is -0.332 e. The van der Waals surface area contributed by atoms with E-state index in [1.165, 1.54) is 5.56 Å². The first-order chi connectivity index (χ1) is 13.2. The Hall–Kier alpha value is -2.99. The summed E-state index contributed by atoms with van der Waals surface area (Å²) in [6.45, 7) is 0.775. The van der Waals surface area contributed by atoms with E-state index in [1.807, 2.05) is 4.90 Å². The van der Waals surface area contributed by atoms with Gasteiger partial charge in [-0.05, 0) is 71.6 Å². The highest BCUT2D eigenvalue weighted by Gasteiger charge is 2.30. The number of nitrogens with one attached hydrogen (secondary N) is 1. The van der Waals surface area contributed by atoms with Gasteiger partial charge in [0.05, 0.1) is 6.04 Å². The highest BCUT2D eigenvalue weighted by Crippen LogP contribution is 2.34. The van der Waals surface area contributed by atoms with E-state index in [0.29, 0.717) is 16.9 Å². The largest absolute Gasteiger partial charge is 0.332 e. The fourth-order valence-electron chi connectivity index (χ4n) is 3.38. The second-order valence-electron chi connectivity index (χ2n) is 6.46. The van der Waals surface area contributed by atoms with Gasteiger partial charge in [0, 0.05) is 24.0 Å². The SMILES string of the molecule is O=C(Nc1ccc(C(=O)N2CCCC2c2ccsc2)cc1)c1ccccn1. The van der Waals surface area contributed by atoms with Crippen molar-refractivity contribution < 1.29 is 9.59 Å². The minimum atomic E-state index is -0.272. The Morgan fingerprint density at radius 3 is 2.67 bits per heavy atom. The van der Waals surface area contributed by atoms with Crippen LogP contribution in [-0.4, -0.2) is 28.2 Å². The van der Waals surface area contributed by atoms with Gasteiger partial charge in [0.15, 0.2) is 0 Å². The molecule has 1 aliphatic rings. The number of benzene rings is 1. The standard InChI is InChI=1S/C21H19N3O2S/c25-20(18-4-1-2-11-22-18)23-17-8-6-15(7-9-17)21(26)24-12-3-5-19(24)16-10-13-27-14-16/h1-2,4,6-11,13-14,19H,3,5,12H2,(H,23,25). The van der Waals surface area contributed by atoms with Crippen LogP contribution in [0, 0.1) is 0 Å². The lowest BCUT2D eigenvalue weighted by molar-refractivity contribution is 0.0736. The Balaban J connectivity index is 1.45. The molecule has 3 aromatic rings. The Labute approximate surface area is 161 Å². The summed E-state index contributed by atoms with van der Waals surface area (Å²) in [7, 11) is 0. The maximum Gasteiger partial charge on any atom is 0.274 e. The van der Waals surface area contributed by atoms with Crippen molar-refractivity contribution >= 4 is 28.8 Å². The van der Waals surface area contributed by atoms with Gasteiger partial charge in [-0.15, -0.1) is 0 Å². The first kappa shape index (κ1) is 17.4. The zero-order valence-corrected chi connectivity index (χ0v) is 15.5. The van der Waals surface area contributed by atoms with E-state index in [4.69, 9.17) is 0 Å². The monoisotopic (exact) mass is 377 g/mol. The molecule has 27 heavy (non-hydrogen) atoms. The molecule has 1 atom stereocenters. The van der Waals surface area contributed by atoms with Crippen molar-refractivity contribution in [1.82, 2.24) is 9.88 Å². The van der Waals surface area contributed by atoms with Gasteiger partial charge in [0.2, 0.25) is 0 Å². The van der Waals surface area contributed by atoms with Gasteiger partial charge in [-0.2, -0.15) is 11.3 Å². The van der Waals surface area contributed by atoms with Gasteiger partial charge in [0.25, 0.3) is 11.8 Å². The van der Waals surface area contributed by atoms with Crippen molar-refractivity contribution in [2.24, 2.45) is 0 Å². The van der Waals surface area contributed by atoms with Crippen LogP contribution in [0.15, 0.2) is 65.5 Å². The summed E-state index contributed by atoms with van der Waals surface area (Å²) in [4.78, 5) is 31.1. The number of nitrogens with zero attached hydrogens (tertiary/aromatic N) is 2. The topological polar surface area (TPSA) is 62.3 Å². The number of carbonyl (C=O) groups excluding carboxylic acids is 2. The number of rotatable bonds is 4. The van der Waals surface area contributed by atoms with Crippen LogP contribution in [0.5, 0.6) is 0 Å². The zero-order valence-electron chi connectivity index (χ0n) is 14.7. The molecule has 3 heterocycles. The third-order valence-electron chi connectivity index (χ3n) is 4.73. The number of hydrogen-bond donors (Lipinski definition) is 1. The molecule has 0 saturated carbocycles. The molecule has 6 heteroatoms. The summed E-state index contributed by atoms with van der Waals surface area (Å²) in [5.41, 5.74) is 2.84. The van der Waals surface area contributed by atoms with Crippen LogP contribution in [0.3, 0.4) is 0 Å². The number of pyridine rings is 1. The van der Waals surface area contributed by atoms with Crippen LogP contribution in [0.1, 0.15) is 45.3 Å². The average molecular weight is 377 g/mol. The molecular weight excluding hydrogens is 358 g/mol. The molecule has 0 bridgehead atoms. The van der Waals surface area contributed by atoms with Gasteiger partial charge in [-0.25, -0.2) is 0 Å². The zero-order chi connectivity index (χ0) is 18.6. The lowest BCUT2D eigenvalue weighted by Crippen LogP contribution is -2.30. The van der Waals surface area contributed by atoms with Gasteiger partial charge in [0.1, 0.15) is 5.69 Å². The summed E-state index contributed by atoms with van der Waals surface area (Å²) in [6.07, 6.45) is 3.60. The summed E-state index contributed by atoms with van der Waals surface area (Å²) < 4.78 is 0. The first-order valence-corrected chi connectivity index (χ1v) is 9.82. The fourth-order valence-corrected chi connectivity index (χ4v) is 4.08. The van der Waals surface area contributed by atoms with E-state index in [1.54, 1.807) is 60.0 Å². The van der Waals surface area contributed by atoms with Crippen LogP contribution in [0.4, 0.5) is 5.69 Å². The molecule has 136 valence electrons. The Kier molecular flexibility index (Phi) is 4.98. The number of likely N-dealkylation sites (tertiary alicyclic amines) is 1. The van der Waals surface area contributed by atoms with Crippen LogP contribution in [0.25, 0.3) is 0 Å². The highest BCUT2D eigenvalue weighted by atomic mass is 32.1. The summed E-state index contributed by atoms with van der Waals surface area (Å²) in [6, 6.07) is 14.5. The third-order valence-corrected chi connectivity index (χ3v) is 5.43. The van der Waals surface area contributed by atoms with Gasteiger partial charge in [-0.3, -0.25) is 14.6 Å². The maximum atomic E-state index is 12.9. The number of thiophene rings is 1. The van der Waals surface area contributed by atoms with E-state index < -0.39 is 0 Å². The quantitative estimate of drug-likeness (QED) is 0.734. The van der Waals surface area contributed by atoms with E-state index in [-0.39, 0.29) is 17.9 Å². The normalized spacial score (nSPS) is 16.3. The lowest BCUT2D eigenvalue weighted by atomic mass is 10.1. The molecule has 0 aliphatic carbocycles. The molecule has 5 nitrogen and oxygen atoms in total. The Morgan fingerprint density at radius 2 is 1.96 bits per heavy atom. The number of aromatic nitrogens is 1. The van der Waals surface area contributed by atoms with Crippen LogP contribution in [0.2, 0.25) is 0 Å². The molecule has 0 radical (unpaired) electrons. The van der Waals surface area contributed by atoms with Crippen molar-refractivity contribution in [3.8, 4) is 0 Å². The molecule has 2 amide bonds. The maximum absolute atomic E-state index is 12.9. The van der Waals surface area contributed by atoms with Gasteiger partial charge >= 0.3 is 0 Å². The number of anilines is 1. The molecule has 0 spiro atoms. The van der Waals surface area contributed by atoms with Crippen LogP contribution < -0.4 is 5.32 Å². The fraction of sp³-hybridized carbons (Fsp3) is 0.190. The van der Waals surface area contributed by atoms with E-state index in [2.05, 4.69) is 27.1 Å². The molecule has 1 aliphatic heterocycles. The van der Waals surface area contributed by atoms with Crippen molar-refractivity contribution in [2.45, 2.75) is 18.9 Å². The second-order valence-corrected chi connectivity index (χ2v) is 7.24. The van der Waals surface area contributed by atoms with Gasteiger partial charge < -0.3 is 10.2 Å². The van der Waals surface area contributed by atoms with E-state index in [0.717, 1.165) is 19.4 Å². The number of amides is 2. The highest BCUT2D eigenvalue weighted by molar-refractivity contribution is 7.08. The second kappa shape index (κ2) is 7.72. The summed E-state index contributed by atoms with van der Waals surface area (Å²) in [5.74, 6) is -0.238. The molecule has 2 aromatic heterocycles. The minimum absolute atomic E-state index is 0.0336. The van der Waals surface area contributed by atoms with Crippen molar-refractivity contribution in [3.05, 3.63) is 82.3 Å². The predicted molar refractivity (Wildman–Crippen MR) is 106 cm³/mol. The van der Waals surface area contributed by atoms with Crippen molar-refractivity contribution in [1.29, 1.82) is 0 Å². The number of carbonyl (C=O) groups is 2. The molecule has 1 N–H and O–H groups in total. The van der Waals surface area contributed by atoms with E-state index in [9.17, 15) is 9.59 Å². The smallest absolute Gasteiger partial charge is 0.274 e. The van der Waals surface area contributed by atoms with Crippen molar-refractivity contribution in [3.63, 3.8) is 0 Å². The van der Waals surface area contributed by atoms with E-state index >= 15 is 0 Å². The Bertz CT molecular complexity index is 924. The molecule has 1 unspecified atom stereocenters. The molecular formula is C21H19N3O2S. The molecule has 1 fully saturated rings. The summed E-state index contributed by atoms with van der Waals surface area (Å²) >= 11 is 1.66. The molecule has 1 aromatic carbocycles. The first-order valence-electron chi connectivity index (χ1n) is 8.88. The average Bonchev–Trinajstić information content (AvgIpc) is 3.40. The number of hydrogen-bond acceptors (Lipinski definition) is 4. The van der Waals surface area contributed by atoms with Crippen LogP contribution in [-0.2, 0) is 0 Å². The molecule has 1 saturated heterocycles. The van der Waals surface area contributed by atoms with Gasteiger partial charge in [-0.1, -0.05) is 6.07 Å². The molecule has 4 rings (SSSR count). The predicted octanol–water partition coefficient (Wildman–Crippen LogP) is 4.37. The lowest BCUT2D eigenvalue weighted by Gasteiger charge is -2.24.